The van der Waals surface area contributed by atoms with Crippen LogP contribution in [-0.4, -0.2) is 5.84 Å². The van der Waals surface area contributed by atoms with Crippen LogP contribution in [0.25, 0.3) is 10.1 Å². The molecule has 1 atom stereocenters. The molecular formula is C25H25F3N4OS. The van der Waals surface area contributed by atoms with Gasteiger partial charge in [0.2, 0.25) is 0 Å². The highest BCUT2D eigenvalue weighted by Crippen LogP contribution is 2.52. The van der Waals surface area contributed by atoms with Gasteiger partial charge in [-0.25, -0.2) is 5.84 Å². The number of thiophene rings is 1. The highest BCUT2D eigenvalue weighted by molar-refractivity contribution is 7.19. The molecule has 178 valence electrons. The van der Waals surface area contributed by atoms with E-state index < -0.39 is 11.1 Å². The number of rotatable bonds is 7. The lowest BCUT2D eigenvalue weighted by Gasteiger charge is -2.13. The second kappa shape index (κ2) is 9.95. The monoisotopic (exact) mass is 486 g/mol. The van der Waals surface area contributed by atoms with Crippen LogP contribution in [0.2, 0.25) is 0 Å². The van der Waals surface area contributed by atoms with Gasteiger partial charge in [0.15, 0.2) is 0 Å². The molecule has 1 aliphatic rings. The Morgan fingerprint density at radius 1 is 1.24 bits per heavy atom. The number of hydrazone groups is 1. The van der Waals surface area contributed by atoms with Crippen molar-refractivity contribution in [2.24, 2.45) is 16.8 Å². The topological polar surface area (TPSA) is 85.7 Å². The van der Waals surface area contributed by atoms with E-state index in [0.717, 1.165) is 35.3 Å². The van der Waals surface area contributed by atoms with Gasteiger partial charge in [-0.2, -0.15) is 18.3 Å². The molecule has 1 unspecified atom stereocenters. The van der Waals surface area contributed by atoms with Crippen molar-refractivity contribution < 1.29 is 17.9 Å². The van der Waals surface area contributed by atoms with Crippen LogP contribution in [0.4, 0.5) is 13.2 Å². The van der Waals surface area contributed by atoms with Crippen LogP contribution in [-0.2, 0) is 12.8 Å². The summed E-state index contributed by atoms with van der Waals surface area (Å²) >= 11 is 0.832. The summed E-state index contributed by atoms with van der Waals surface area (Å²) in [7, 11) is 0. The summed E-state index contributed by atoms with van der Waals surface area (Å²) < 4.78 is 47.2. The van der Waals surface area contributed by atoms with Gasteiger partial charge in [0.05, 0.1) is 5.92 Å². The van der Waals surface area contributed by atoms with E-state index in [1.54, 1.807) is 13.0 Å². The Bertz CT molecular complexity index is 1250. The predicted molar refractivity (Wildman–Crippen MR) is 129 cm³/mol. The van der Waals surface area contributed by atoms with Gasteiger partial charge in [-0.3, -0.25) is 0 Å². The highest BCUT2D eigenvalue weighted by Gasteiger charge is 2.41. The first kappa shape index (κ1) is 23.9. The highest BCUT2D eigenvalue weighted by atomic mass is 32.1. The van der Waals surface area contributed by atoms with Crippen LogP contribution in [0.1, 0.15) is 59.6 Å². The number of fused-ring (bicyclic) bond motifs is 1. The molecule has 1 heterocycles. The van der Waals surface area contributed by atoms with Gasteiger partial charge in [0.1, 0.15) is 23.1 Å². The summed E-state index contributed by atoms with van der Waals surface area (Å²) in [4.78, 5) is -0.462. The Morgan fingerprint density at radius 2 is 1.97 bits per heavy atom. The summed E-state index contributed by atoms with van der Waals surface area (Å²) in [5.41, 5.74) is 4.72. The van der Waals surface area contributed by atoms with Crippen molar-refractivity contribution in [1.82, 2.24) is 5.43 Å². The first-order valence-electron chi connectivity index (χ1n) is 10.8. The van der Waals surface area contributed by atoms with Crippen molar-refractivity contribution in [3.05, 3.63) is 64.0 Å². The minimum atomic E-state index is -4.32. The van der Waals surface area contributed by atoms with Gasteiger partial charge in [0, 0.05) is 11.1 Å². The Labute approximate surface area is 199 Å². The normalized spacial score (nSPS) is 15.0. The van der Waals surface area contributed by atoms with E-state index >= 15 is 0 Å². The molecule has 1 fully saturated rings. The van der Waals surface area contributed by atoms with Crippen LogP contribution in [0, 0.1) is 11.8 Å². The zero-order chi connectivity index (χ0) is 24.3. The van der Waals surface area contributed by atoms with Crippen molar-refractivity contribution in [3.8, 4) is 17.6 Å². The molecule has 1 saturated carbocycles. The lowest BCUT2D eigenvalue weighted by atomic mass is 9.95. The number of nitrogens with zero attached hydrogens (tertiary/aromatic N) is 1. The van der Waals surface area contributed by atoms with Crippen LogP contribution in [0.5, 0.6) is 5.75 Å². The van der Waals surface area contributed by atoms with Crippen molar-refractivity contribution in [2.45, 2.75) is 50.8 Å². The molecule has 4 rings (SSSR count). The van der Waals surface area contributed by atoms with Crippen LogP contribution in [0.15, 0.2) is 47.6 Å². The number of nitrogens with one attached hydrogen (secondary N) is 1. The summed E-state index contributed by atoms with van der Waals surface area (Å²) in [6.45, 7) is 2.02. The van der Waals surface area contributed by atoms with Crippen LogP contribution < -0.4 is 21.8 Å². The quantitative estimate of drug-likeness (QED) is 0.133. The zero-order valence-electron chi connectivity index (χ0n) is 18.6. The Morgan fingerprint density at radius 3 is 2.56 bits per heavy atom. The van der Waals surface area contributed by atoms with Crippen molar-refractivity contribution in [3.63, 3.8) is 0 Å². The third-order valence-corrected chi connectivity index (χ3v) is 6.99. The van der Waals surface area contributed by atoms with Crippen molar-refractivity contribution >= 4 is 27.3 Å². The zero-order valence-corrected chi connectivity index (χ0v) is 19.4. The number of alkyl halides is 3. The molecule has 0 radical (unpaired) electrons. The Hall–Kier alpha value is -3.22. The van der Waals surface area contributed by atoms with Gasteiger partial charge in [0.25, 0.3) is 0 Å². The number of halogens is 3. The number of ether oxygens (including phenoxy) is 1. The van der Waals surface area contributed by atoms with Gasteiger partial charge in [-0.15, -0.1) is 17.3 Å². The maximum atomic E-state index is 13.5. The largest absolute Gasteiger partial charge is 0.489 e. The smallest absolute Gasteiger partial charge is 0.425 e. The lowest BCUT2D eigenvalue weighted by Crippen LogP contribution is -2.32. The molecule has 9 heteroatoms. The molecule has 1 aromatic heterocycles. The van der Waals surface area contributed by atoms with Crippen molar-refractivity contribution in [2.75, 3.05) is 0 Å². The van der Waals surface area contributed by atoms with Gasteiger partial charge in [-0.1, -0.05) is 24.1 Å². The minimum absolute atomic E-state index is 0.00700. The van der Waals surface area contributed by atoms with Crippen LogP contribution >= 0.6 is 11.3 Å². The molecule has 0 saturated heterocycles. The van der Waals surface area contributed by atoms with E-state index in [1.165, 1.54) is 0 Å². The second-order valence-electron chi connectivity index (χ2n) is 8.18. The number of amidine groups is 1. The number of nitrogens with two attached hydrogens (primary N) is 2. The summed E-state index contributed by atoms with van der Waals surface area (Å²) in [5.74, 6) is 17.8. The first-order valence-corrected chi connectivity index (χ1v) is 11.7. The molecule has 34 heavy (non-hydrogen) atoms. The molecule has 0 aliphatic heterocycles. The predicted octanol–water partition coefficient (Wildman–Crippen LogP) is 5.61. The first-order chi connectivity index (χ1) is 16.3. The third-order valence-electron chi connectivity index (χ3n) is 5.76. The maximum absolute atomic E-state index is 13.5. The van der Waals surface area contributed by atoms with E-state index in [0.29, 0.717) is 33.7 Å². The van der Waals surface area contributed by atoms with E-state index in [2.05, 4.69) is 22.4 Å². The standard InChI is InChI=1S/C25H25F3N4OS/c1-2-3-18(13-22(31-29)32-30)16-7-9-19(10-8-16)33-14-15-4-11-21-20(12-15)23(17-5-6-17)24(34-21)25(26,27)28/h4,7-12,17-18H,5-6,13-14,29-30H2,1H3,(H,31,32). The van der Waals surface area contributed by atoms with E-state index in [1.807, 2.05) is 36.4 Å². The fourth-order valence-electron chi connectivity index (χ4n) is 3.97. The molecule has 1 aliphatic carbocycles. The average molecular weight is 487 g/mol. The molecular weight excluding hydrogens is 461 g/mol. The number of hydrogen-bond acceptors (Lipinski definition) is 5. The van der Waals surface area contributed by atoms with Gasteiger partial charge in [-0.05, 0) is 72.0 Å². The molecule has 2 aromatic carbocycles. The fourth-order valence-corrected chi connectivity index (χ4v) is 5.11. The molecule has 0 bridgehead atoms. The summed E-state index contributed by atoms with van der Waals surface area (Å²) in [5, 5.41) is 4.32. The average Bonchev–Trinajstić information content (AvgIpc) is 3.59. The Kier molecular flexibility index (Phi) is 7.00. The van der Waals surface area contributed by atoms with E-state index in [9.17, 15) is 13.2 Å². The van der Waals surface area contributed by atoms with Gasteiger partial charge < -0.3 is 16.0 Å². The van der Waals surface area contributed by atoms with Crippen molar-refractivity contribution in [1.29, 1.82) is 0 Å². The third kappa shape index (κ3) is 5.29. The molecule has 5 N–H and O–H groups in total. The SMILES string of the molecule is CC#CC(C/C(=N/N)NN)c1ccc(OCc2ccc3sc(C(F)(F)F)c(C4CC4)c3c2)cc1. The Balaban J connectivity index is 1.49. The number of hydrogen-bond donors (Lipinski definition) is 3. The number of hydrazine groups is 1. The van der Waals surface area contributed by atoms with Crippen LogP contribution in [0.3, 0.4) is 0 Å². The molecule has 0 amide bonds. The summed E-state index contributed by atoms with van der Waals surface area (Å²) in [6, 6.07) is 12.9. The minimum Gasteiger partial charge on any atom is -0.489 e. The summed E-state index contributed by atoms with van der Waals surface area (Å²) in [6.07, 6.45) is -2.26. The lowest BCUT2D eigenvalue weighted by molar-refractivity contribution is -0.134. The second-order valence-corrected chi connectivity index (χ2v) is 9.23. The van der Waals surface area contributed by atoms with E-state index in [-0.39, 0.29) is 18.4 Å². The van der Waals surface area contributed by atoms with Gasteiger partial charge >= 0.3 is 6.18 Å². The fraction of sp³-hybridized carbons (Fsp3) is 0.320. The number of benzene rings is 2. The maximum Gasteiger partial charge on any atom is 0.425 e. The van der Waals surface area contributed by atoms with E-state index in [4.69, 9.17) is 16.4 Å². The molecule has 5 nitrogen and oxygen atoms in total. The molecule has 0 spiro atoms. The molecule has 3 aromatic rings.